The van der Waals surface area contributed by atoms with E-state index in [4.69, 9.17) is 0 Å². The van der Waals surface area contributed by atoms with E-state index in [0.717, 1.165) is 13.0 Å². The second kappa shape index (κ2) is 4.57. The summed E-state index contributed by atoms with van der Waals surface area (Å²) in [5.74, 6) is 1.12. The quantitative estimate of drug-likeness (QED) is 0.718. The van der Waals surface area contributed by atoms with Gasteiger partial charge in [-0.05, 0) is 30.4 Å². The van der Waals surface area contributed by atoms with Gasteiger partial charge in [-0.2, -0.15) is 5.26 Å². The molecule has 0 bridgehead atoms. The Labute approximate surface area is 97.5 Å². The molecule has 1 aromatic carbocycles. The van der Waals surface area contributed by atoms with E-state index in [1.54, 1.807) is 0 Å². The van der Waals surface area contributed by atoms with Crippen molar-refractivity contribution in [1.82, 2.24) is 0 Å². The number of rotatable bonds is 1. The lowest BCUT2D eigenvalue weighted by Gasteiger charge is -2.40. The predicted molar refractivity (Wildman–Crippen MR) is 66.1 cm³/mol. The van der Waals surface area contributed by atoms with Crippen LogP contribution in [0, 0.1) is 23.2 Å². The maximum absolute atomic E-state index is 9.29. The summed E-state index contributed by atoms with van der Waals surface area (Å²) >= 11 is 0. The molecule has 0 saturated carbocycles. The Balaban J connectivity index is 2.27. The Kier molecular flexibility index (Phi) is 3.14. The first-order valence-electron chi connectivity index (χ1n) is 5.93. The van der Waals surface area contributed by atoms with E-state index in [9.17, 15) is 5.26 Å². The molecule has 1 heterocycles. The van der Waals surface area contributed by atoms with Crippen molar-refractivity contribution in [2.45, 2.75) is 26.3 Å². The summed E-state index contributed by atoms with van der Waals surface area (Å²) in [6.45, 7) is 5.44. The van der Waals surface area contributed by atoms with Crippen LogP contribution >= 0.6 is 0 Å². The molecule has 3 atom stereocenters. The van der Waals surface area contributed by atoms with Crippen molar-refractivity contribution in [2.75, 3.05) is 11.4 Å². The zero-order valence-electron chi connectivity index (χ0n) is 9.93. The van der Waals surface area contributed by atoms with Gasteiger partial charge in [0.25, 0.3) is 0 Å². The van der Waals surface area contributed by atoms with Crippen LogP contribution in [0.3, 0.4) is 0 Å². The van der Waals surface area contributed by atoms with Crippen molar-refractivity contribution in [3.63, 3.8) is 0 Å². The molecule has 0 N–H and O–H groups in total. The van der Waals surface area contributed by atoms with Crippen molar-refractivity contribution in [3.05, 3.63) is 30.3 Å². The number of nitrogens with zero attached hydrogens (tertiary/aromatic N) is 2. The van der Waals surface area contributed by atoms with Gasteiger partial charge >= 0.3 is 0 Å². The molecule has 2 nitrogen and oxygen atoms in total. The third-order valence-electron chi connectivity index (χ3n) is 3.38. The fourth-order valence-corrected chi connectivity index (χ4v) is 2.68. The van der Waals surface area contributed by atoms with Gasteiger partial charge in [0.2, 0.25) is 0 Å². The van der Waals surface area contributed by atoms with Gasteiger partial charge in [-0.15, -0.1) is 0 Å². The molecular formula is C14H18N2. The SMILES string of the molecule is C[C@@H]1C[C@@H](C)[C@H](C#N)N(c2ccccc2)C1. The van der Waals surface area contributed by atoms with Gasteiger partial charge in [-0.1, -0.05) is 32.0 Å². The first kappa shape index (κ1) is 11.0. The van der Waals surface area contributed by atoms with Crippen LogP contribution in [0.2, 0.25) is 0 Å². The highest BCUT2D eigenvalue weighted by atomic mass is 15.2. The highest BCUT2D eigenvalue weighted by molar-refractivity contribution is 5.49. The monoisotopic (exact) mass is 214 g/mol. The number of para-hydroxylation sites is 1. The van der Waals surface area contributed by atoms with E-state index in [0.29, 0.717) is 11.8 Å². The minimum atomic E-state index is 0.0265. The minimum absolute atomic E-state index is 0.0265. The second-order valence-electron chi connectivity index (χ2n) is 4.88. The Bertz CT molecular complexity index is 379. The van der Waals surface area contributed by atoms with E-state index in [1.807, 2.05) is 18.2 Å². The first-order chi connectivity index (χ1) is 7.72. The molecule has 0 radical (unpaired) electrons. The van der Waals surface area contributed by atoms with Crippen LogP contribution in [-0.2, 0) is 0 Å². The molecular weight excluding hydrogens is 196 g/mol. The number of anilines is 1. The van der Waals surface area contributed by atoms with Crippen molar-refractivity contribution in [2.24, 2.45) is 11.8 Å². The standard InChI is InChI=1S/C14H18N2/c1-11-8-12(2)14(9-15)16(10-11)13-6-4-3-5-7-13/h3-7,11-12,14H,8,10H2,1-2H3/t11-,12-,14+/m1/s1. The van der Waals surface area contributed by atoms with Crippen LogP contribution in [-0.4, -0.2) is 12.6 Å². The van der Waals surface area contributed by atoms with E-state index in [2.05, 4.69) is 36.9 Å². The van der Waals surface area contributed by atoms with E-state index >= 15 is 0 Å². The highest BCUT2D eigenvalue weighted by Crippen LogP contribution is 2.30. The molecule has 2 heteroatoms. The molecule has 0 aliphatic carbocycles. The molecule has 84 valence electrons. The molecule has 1 aliphatic rings. The summed E-state index contributed by atoms with van der Waals surface area (Å²) in [6.07, 6.45) is 1.15. The molecule has 16 heavy (non-hydrogen) atoms. The van der Waals surface area contributed by atoms with Crippen LogP contribution < -0.4 is 4.90 Å². The van der Waals surface area contributed by atoms with Crippen LogP contribution in [0.25, 0.3) is 0 Å². The second-order valence-corrected chi connectivity index (χ2v) is 4.88. The third-order valence-corrected chi connectivity index (χ3v) is 3.38. The summed E-state index contributed by atoms with van der Waals surface area (Å²) in [7, 11) is 0. The topological polar surface area (TPSA) is 27.0 Å². The lowest BCUT2D eigenvalue weighted by Crippen LogP contribution is -2.46. The fraction of sp³-hybridized carbons (Fsp3) is 0.500. The average Bonchev–Trinajstić information content (AvgIpc) is 2.29. The summed E-state index contributed by atoms with van der Waals surface area (Å²) in [5, 5.41) is 9.29. The molecule has 1 aliphatic heterocycles. The lowest BCUT2D eigenvalue weighted by molar-refractivity contribution is 0.319. The van der Waals surface area contributed by atoms with Crippen LogP contribution in [0.15, 0.2) is 30.3 Å². The highest BCUT2D eigenvalue weighted by Gasteiger charge is 2.31. The molecule has 0 unspecified atom stereocenters. The third kappa shape index (κ3) is 2.04. The largest absolute Gasteiger partial charge is 0.355 e. The van der Waals surface area contributed by atoms with E-state index < -0.39 is 0 Å². The Morgan fingerprint density at radius 3 is 2.56 bits per heavy atom. The lowest BCUT2D eigenvalue weighted by atomic mass is 9.85. The average molecular weight is 214 g/mol. The van der Waals surface area contributed by atoms with Crippen molar-refractivity contribution < 1.29 is 0 Å². The fourth-order valence-electron chi connectivity index (χ4n) is 2.68. The number of nitriles is 1. The summed E-state index contributed by atoms with van der Waals surface area (Å²) < 4.78 is 0. The number of piperidine rings is 1. The van der Waals surface area contributed by atoms with Gasteiger partial charge in [0.05, 0.1) is 6.07 Å². The molecule has 1 aromatic rings. The number of hydrogen-bond acceptors (Lipinski definition) is 2. The maximum Gasteiger partial charge on any atom is 0.119 e. The van der Waals surface area contributed by atoms with Crippen LogP contribution in [0.1, 0.15) is 20.3 Å². The normalized spacial score (nSPS) is 29.8. The Morgan fingerprint density at radius 2 is 1.94 bits per heavy atom. The predicted octanol–water partition coefficient (Wildman–Crippen LogP) is 3.06. The molecule has 1 saturated heterocycles. The van der Waals surface area contributed by atoms with E-state index in [-0.39, 0.29) is 6.04 Å². The van der Waals surface area contributed by atoms with Crippen LogP contribution in [0.4, 0.5) is 5.69 Å². The summed E-state index contributed by atoms with van der Waals surface area (Å²) in [4.78, 5) is 2.25. The number of benzene rings is 1. The van der Waals surface area contributed by atoms with E-state index in [1.165, 1.54) is 5.69 Å². The maximum atomic E-state index is 9.29. The van der Waals surface area contributed by atoms with Gasteiger partial charge in [0, 0.05) is 12.2 Å². The molecule has 0 spiro atoms. The molecule has 0 aromatic heterocycles. The van der Waals surface area contributed by atoms with Gasteiger partial charge in [-0.25, -0.2) is 0 Å². The van der Waals surface area contributed by atoms with Gasteiger partial charge in [0.1, 0.15) is 6.04 Å². The van der Waals surface area contributed by atoms with Gasteiger partial charge in [-0.3, -0.25) is 0 Å². The zero-order chi connectivity index (χ0) is 11.5. The summed E-state index contributed by atoms with van der Waals surface area (Å²) in [5.41, 5.74) is 1.17. The first-order valence-corrected chi connectivity index (χ1v) is 5.93. The molecule has 1 fully saturated rings. The van der Waals surface area contributed by atoms with Crippen LogP contribution in [0.5, 0.6) is 0 Å². The van der Waals surface area contributed by atoms with Crippen molar-refractivity contribution in [1.29, 1.82) is 5.26 Å². The Hall–Kier alpha value is -1.49. The zero-order valence-corrected chi connectivity index (χ0v) is 9.93. The Morgan fingerprint density at radius 1 is 1.25 bits per heavy atom. The van der Waals surface area contributed by atoms with Gasteiger partial charge in [0.15, 0.2) is 0 Å². The van der Waals surface area contributed by atoms with Gasteiger partial charge < -0.3 is 4.90 Å². The number of hydrogen-bond donors (Lipinski definition) is 0. The minimum Gasteiger partial charge on any atom is -0.355 e. The van der Waals surface area contributed by atoms with Crippen molar-refractivity contribution in [3.8, 4) is 6.07 Å². The van der Waals surface area contributed by atoms with Crippen molar-refractivity contribution >= 4 is 5.69 Å². The smallest absolute Gasteiger partial charge is 0.119 e. The molecule has 0 amide bonds. The summed E-state index contributed by atoms with van der Waals surface area (Å²) in [6, 6.07) is 12.7. The molecule has 2 rings (SSSR count).